The SMILES string of the molecule is COc1cc(Cl)c(Cc2cc3ccsc3s2)cc1[C@@H]1O[C@H](CO)[C@@H](O)[C@H](O)[C@H]1O. The zero-order chi connectivity index (χ0) is 20.7. The van der Waals surface area contributed by atoms with Crippen molar-refractivity contribution < 1.29 is 29.9 Å². The molecule has 0 amide bonds. The molecule has 1 aliphatic rings. The number of methoxy groups -OCH3 is 1. The fraction of sp³-hybridized carbons (Fsp3) is 0.400. The van der Waals surface area contributed by atoms with Crippen LogP contribution in [0.2, 0.25) is 5.02 Å². The van der Waals surface area contributed by atoms with E-state index in [0.717, 1.165) is 10.4 Å². The highest BCUT2D eigenvalue weighted by Crippen LogP contribution is 2.40. The highest BCUT2D eigenvalue weighted by atomic mass is 35.5. The van der Waals surface area contributed by atoms with Gasteiger partial charge in [0.15, 0.2) is 0 Å². The van der Waals surface area contributed by atoms with Crippen LogP contribution in [0.15, 0.2) is 29.6 Å². The van der Waals surface area contributed by atoms with E-state index in [2.05, 4.69) is 17.5 Å². The third-order valence-electron chi connectivity index (χ3n) is 5.16. The predicted octanol–water partition coefficient (Wildman–Crippen LogP) is 2.73. The average Bonchev–Trinajstić information content (AvgIpc) is 3.29. The molecular formula is C20H21ClO6S2. The number of benzene rings is 1. The van der Waals surface area contributed by atoms with Crippen LogP contribution in [0.25, 0.3) is 9.40 Å². The lowest BCUT2D eigenvalue weighted by Crippen LogP contribution is -2.55. The minimum atomic E-state index is -1.46. The molecule has 1 aliphatic heterocycles. The van der Waals surface area contributed by atoms with Gasteiger partial charge in [0, 0.05) is 27.3 Å². The standard InChI is InChI=1S/C20H21ClO6S2/c1-26-14-7-13(21)10(5-11-4-9-2-3-28-20(9)29-11)6-12(14)19-18(25)17(24)16(23)15(8-22)27-19/h2-4,6-7,15-19,22-25H,5,8H2,1H3/t15-,16-,17+,18-,19+/m1/s1. The first kappa shape index (κ1) is 21.0. The molecule has 9 heteroatoms. The van der Waals surface area contributed by atoms with Crippen LogP contribution in [0.4, 0.5) is 0 Å². The molecule has 0 bridgehead atoms. The number of aliphatic hydroxyl groups is 4. The molecule has 0 aliphatic carbocycles. The molecule has 0 saturated carbocycles. The average molecular weight is 457 g/mol. The Balaban J connectivity index is 1.70. The highest BCUT2D eigenvalue weighted by Gasteiger charge is 2.45. The van der Waals surface area contributed by atoms with Crippen molar-refractivity contribution in [3.05, 3.63) is 50.7 Å². The van der Waals surface area contributed by atoms with E-state index in [9.17, 15) is 20.4 Å². The van der Waals surface area contributed by atoms with Crippen LogP contribution in [0.1, 0.15) is 22.1 Å². The molecule has 4 N–H and O–H groups in total. The second kappa shape index (κ2) is 8.49. The first-order valence-corrected chi connectivity index (χ1v) is 11.1. The summed E-state index contributed by atoms with van der Waals surface area (Å²) in [5, 5.41) is 44.0. The Morgan fingerprint density at radius 1 is 1.14 bits per heavy atom. The lowest BCUT2D eigenvalue weighted by atomic mass is 9.90. The van der Waals surface area contributed by atoms with Crippen LogP contribution < -0.4 is 4.74 Å². The Kier molecular flexibility index (Phi) is 6.15. The Morgan fingerprint density at radius 3 is 2.62 bits per heavy atom. The third-order valence-corrected chi connectivity index (χ3v) is 7.72. The van der Waals surface area contributed by atoms with Gasteiger partial charge in [0.25, 0.3) is 0 Å². The molecule has 3 heterocycles. The van der Waals surface area contributed by atoms with Gasteiger partial charge in [-0.25, -0.2) is 0 Å². The van der Waals surface area contributed by atoms with Crippen LogP contribution in [0.3, 0.4) is 0 Å². The Morgan fingerprint density at radius 2 is 1.93 bits per heavy atom. The topological polar surface area (TPSA) is 99.4 Å². The lowest BCUT2D eigenvalue weighted by Gasteiger charge is -2.40. The molecule has 1 aromatic carbocycles. The highest BCUT2D eigenvalue weighted by molar-refractivity contribution is 7.37. The van der Waals surface area contributed by atoms with Crippen molar-refractivity contribution >= 4 is 43.7 Å². The van der Waals surface area contributed by atoms with Crippen LogP contribution in [0, 0.1) is 0 Å². The van der Waals surface area contributed by atoms with Gasteiger partial charge in [-0.05, 0) is 35.2 Å². The fourth-order valence-corrected chi connectivity index (χ4v) is 6.00. The number of thiophene rings is 2. The third kappa shape index (κ3) is 3.92. The van der Waals surface area contributed by atoms with Gasteiger partial charge in [-0.1, -0.05) is 11.6 Å². The van der Waals surface area contributed by atoms with E-state index in [1.807, 2.05) is 0 Å². The zero-order valence-electron chi connectivity index (χ0n) is 15.5. The molecule has 3 aromatic rings. The number of halogens is 1. The Hall–Kier alpha value is -1.23. The van der Waals surface area contributed by atoms with Gasteiger partial charge in [-0.2, -0.15) is 0 Å². The number of rotatable bonds is 5. The first-order chi connectivity index (χ1) is 13.9. The van der Waals surface area contributed by atoms with Crippen molar-refractivity contribution in [2.75, 3.05) is 13.7 Å². The second-order valence-corrected chi connectivity index (χ2v) is 9.71. The molecule has 2 aromatic heterocycles. The summed E-state index contributed by atoms with van der Waals surface area (Å²) in [6.07, 6.45) is -5.64. The van der Waals surface area contributed by atoms with Gasteiger partial charge < -0.3 is 29.9 Å². The van der Waals surface area contributed by atoms with Gasteiger partial charge in [0.2, 0.25) is 0 Å². The minimum absolute atomic E-state index is 0.398. The lowest BCUT2D eigenvalue weighted by molar-refractivity contribution is -0.232. The summed E-state index contributed by atoms with van der Waals surface area (Å²) in [7, 11) is 1.48. The molecule has 0 unspecified atom stereocenters. The zero-order valence-corrected chi connectivity index (χ0v) is 17.9. The summed E-state index contributed by atoms with van der Waals surface area (Å²) in [6, 6.07) is 7.66. The molecule has 1 fully saturated rings. The van der Waals surface area contributed by atoms with E-state index < -0.39 is 37.1 Å². The minimum Gasteiger partial charge on any atom is -0.496 e. The van der Waals surface area contributed by atoms with Crippen molar-refractivity contribution in [2.45, 2.75) is 36.9 Å². The van der Waals surface area contributed by atoms with Gasteiger partial charge >= 0.3 is 0 Å². The summed E-state index contributed by atoms with van der Waals surface area (Å²) in [6.45, 7) is -0.490. The van der Waals surface area contributed by atoms with E-state index in [1.165, 1.54) is 16.5 Å². The summed E-state index contributed by atoms with van der Waals surface area (Å²) < 4.78 is 12.4. The van der Waals surface area contributed by atoms with E-state index in [0.29, 0.717) is 22.8 Å². The molecule has 5 atom stereocenters. The largest absolute Gasteiger partial charge is 0.496 e. The number of ether oxygens (including phenoxy) is 2. The molecule has 0 radical (unpaired) electrons. The quantitative estimate of drug-likeness (QED) is 0.471. The normalized spacial score (nSPS) is 27.4. The molecule has 6 nitrogen and oxygen atoms in total. The predicted molar refractivity (Wildman–Crippen MR) is 113 cm³/mol. The fourth-order valence-electron chi connectivity index (χ4n) is 3.60. The molecule has 0 spiro atoms. The summed E-state index contributed by atoms with van der Waals surface area (Å²) in [5.74, 6) is 0.398. The van der Waals surface area contributed by atoms with E-state index in [4.69, 9.17) is 21.1 Å². The van der Waals surface area contributed by atoms with Crippen LogP contribution in [-0.4, -0.2) is 58.6 Å². The van der Waals surface area contributed by atoms with E-state index >= 15 is 0 Å². The molecular weight excluding hydrogens is 436 g/mol. The number of fused-ring (bicyclic) bond motifs is 1. The van der Waals surface area contributed by atoms with Crippen molar-refractivity contribution in [1.82, 2.24) is 0 Å². The Bertz CT molecular complexity index is 972. The molecule has 156 valence electrons. The maximum Gasteiger partial charge on any atom is 0.126 e. The van der Waals surface area contributed by atoms with Crippen LogP contribution in [0.5, 0.6) is 5.75 Å². The van der Waals surface area contributed by atoms with Crippen LogP contribution >= 0.6 is 34.3 Å². The smallest absolute Gasteiger partial charge is 0.126 e. The van der Waals surface area contributed by atoms with Gasteiger partial charge in [-0.15, -0.1) is 22.7 Å². The molecule has 4 rings (SSSR count). The van der Waals surface area contributed by atoms with E-state index in [-0.39, 0.29) is 0 Å². The van der Waals surface area contributed by atoms with Crippen molar-refractivity contribution in [2.24, 2.45) is 0 Å². The maximum atomic E-state index is 10.5. The maximum absolute atomic E-state index is 10.5. The molecule has 1 saturated heterocycles. The number of hydrogen-bond donors (Lipinski definition) is 4. The van der Waals surface area contributed by atoms with Crippen molar-refractivity contribution in [3.63, 3.8) is 0 Å². The van der Waals surface area contributed by atoms with Gasteiger partial charge in [0.05, 0.1) is 17.7 Å². The number of aliphatic hydroxyl groups excluding tert-OH is 4. The summed E-state index contributed by atoms with van der Waals surface area (Å²) in [4.78, 5) is 1.15. The summed E-state index contributed by atoms with van der Waals surface area (Å²) >= 11 is 9.88. The molecule has 29 heavy (non-hydrogen) atoms. The number of hydrogen-bond acceptors (Lipinski definition) is 8. The summed E-state index contributed by atoms with van der Waals surface area (Å²) in [5.41, 5.74) is 1.33. The van der Waals surface area contributed by atoms with Crippen molar-refractivity contribution in [3.8, 4) is 5.75 Å². The van der Waals surface area contributed by atoms with E-state index in [1.54, 1.807) is 34.8 Å². The van der Waals surface area contributed by atoms with Gasteiger partial charge in [-0.3, -0.25) is 0 Å². The van der Waals surface area contributed by atoms with Crippen molar-refractivity contribution in [1.29, 1.82) is 0 Å². The Labute approximate surface area is 180 Å². The van der Waals surface area contributed by atoms with Gasteiger partial charge in [0.1, 0.15) is 36.3 Å². The monoisotopic (exact) mass is 456 g/mol. The first-order valence-electron chi connectivity index (χ1n) is 9.05. The van der Waals surface area contributed by atoms with Crippen LogP contribution in [-0.2, 0) is 11.2 Å². The second-order valence-electron chi connectivity index (χ2n) is 6.99.